The maximum absolute atomic E-state index is 12.8. The second-order valence-electron chi connectivity index (χ2n) is 7.79. The summed E-state index contributed by atoms with van der Waals surface area (Å²) in [6.45, 7) is 3.84. The van der Waals surface area contributed by atoms with E-state index in [1.54, 1.807) is 0 Å². The Kier molecular flexibility index (Phi) is 10.6. The third-order valence-electron chi connectivity index (χ3n) is 4.54. The summed E-state index contributed by atoms with van der Waals surface area (Å²) in [7, 11) is 0. The van der Waals surface area contributed by atoms with Crippen LogP contribution in [0.25, 0.3) is 0 Å². The quantitative estimate of drug-likeness (QED) is 0.447. The Morgan fingerprint density at radius 1 is 0.906 bits per heavy atom. The molecule has 0 aliphatic rings. The highest BCUT2D eigenvalue weighted by Crippen LogP contribution is 2.14. The molecule has 32 heavy (non-hydrogen) atoms. The molecule has 0 radical (unpaired) electrons. The lowest BCUT2D eigenvalue weighted by molar-refractivity contribution is -0.142. The molecule has 2 rings (SSSR count). The lowest BCUT2D eigenvalue weighted by atomic mass is 10.0. The van der Waals surface area contributed by atoms with Crippen molar-refractivity contribution in [2.75, 3.05) is 5.75 Å². The SMILES string of the molecule is CC(C)C[C@H](NC(=O)C(CSCc1ccccc1)NC(=O)OCc1ccccc1)C(=O)O. The fraction of sp³-hybridized carbons (Fsp3) is 0.375. The van der Waals surface area contributed by atoms with Gasteiger partial charge in [0.25, 0.3) is 0 Å². The molecule has 0 saturated carbocycles. The molecule has 8 heteroatoms. The van der Waals surface area contributed by atoms with Gasteiger partial charge in [-0.2, -0.15) is 11.8 Å². The predicted octanol–water partition coefficient (Wildman–Crippen LogP) is 3.83. The summed E-state index contributed by atoms with van der Waals surface area (Å²) in [5.41, 5.74) is 1.91. The smallest absolute Gasteiger partial charge is 0.408 e. The number of amides is 2. The van der Waals surface area contributed by atoms with Crippen LogP contribution in [0.2, 0.25) is 0 Å². The van der Waals surface area contributed by atoms with Gasteiger partial charge < -0.3 is 20.5 Å². The lowest BCUT2D eigenvalue weighted by Crippen LogP contribution is -2.53. The van der Waals surface area contributed by atoms with Crippen LogP contribution in [0.15, 0.2) is 60.7 Å². The number of carboxylic acid groups (broad SMARTS) is 1. The van der Waals surface area contributed by atoms with E-state index in [0.717, 1.165) is 11.1 Å². The van der Waals surface area contributed by atoms with Crippen molar-refractivity contribution in [1.82, 2.24) is 10.6 Å². The molecule has 0 spiro atoms. The molecular weight excluding hydrogens is 428 g/mol. The van der Waals surface area contributed by atoms with Crippen molar-refractivity contribution in [3.63, 3.8) is 0 Å². The van der Waals surface area contributed by atoms with E-state index in [0.29, 0.717) is 12.2 Å². The minimum atomic E-state index is -1.10. The molecule has 0 aliphatic heterocycles. The van der Waals surface area contributed by atoms with Crippen LogP contribution in [0.5, 0.6) is 0 Å². The number of carboxylic acids is 1. The van der Waals surface area contributed by atoms with Crippen LogP contribution in [0, 0.1) is 5.92 Å². The minimum Gasteiger partial charge on any atom is -0.480 e. The average Bonchev–Trinajstić information content (AvgIpc) is 2.77. The van der Waals surface area contributed by atoms with E-state index in [4.69, 9.17) is 4.74 Å². The van der Waals surface area contributed by atoms with Crippen molar-refractivity contribution in [1.29, 1.82) is 0 Å². The molecule has 0 saturated heterocycles. The molecule has 0 fully saturated rings. The summed E-state index contributed by atoms with van der Waals surface area (Å²) in [5.74, 6) is -0.634. The molecule has 2 amide bonds. The van der Waals surface area contributed by atoms with Crippen LogP contribution < -0.4 is 10.6 Å². The number of hydrogen-bond donors (Lipinski definition) is 3. The second-order valence-corrected chi connectivity index (χ2v) is 8.82. The van der Waals surface area contributed by atoms with Gasteiger partial charge in [-0.3, -0.25) is 4.79 Å². The Hall–Kier alpha value is -3.00. The van der Waals surface area contributed by atoms with Crippen LogP contribution in [0.3, 0.4) is 0 Å². The Balaban J connectivity index is 1.98. The van der Waals surface area contributed by atoms with Gasteiger partial charge in [0.1, 0.15) is 18.7 Å². The standard InChI is InChI=1S/C24H30N2O5S/c1-17(2)13-20(23(28)29)25-22(27)21(16-32-15-19-11-7-4-8-12-19)26-24(30)31-14-18-9-5-3-6-10-18/h3-12,17,20-21H,13-16H2,1-2H3,(H,25,27)(H,26,30)(H,28,29)/t20-,21?/m0/s1. The maximum atomic E-state index is 12.8. The van der Waals surface area contributed by atoms with Gasteiger partial charge >= 0.3 is 12.1 Å². The number of hydrogen-bond acceptors (Lipinski definition) is 5. The van der Waals surface area contributed by atoms with Gasteiger partial charge in [-0.05, 0) is 23.5 Å². The van der Waals surface area contributed by atoms with Crippen molar-refractivity contribution in [3.8, 4) is 0 Å². The molecule has 2 atom stereocenters. The van der Waals surface area contributed by atoms with E-state index < -0.39 is 30.1 Å². The van der Waals surface area contributed by atoms with Crippen LogP contribution in [-0.2, 0) is 26.7 Å². The number of carbonyl (C=O) groups excluding carboxylic acids is 2. The first-order valence-electron chi connectivity index (χ1n) is 10.5. The predicted molar refractivity (Wildman–Crippen MR) is 125 cm³/mol. The van der Waals surface area contributed by atoms with E-state index in [1.165, 1.54) is 11.8 Å². The van der Waals surface area contributed by atoms with E-state index in [1.807, 2.05) is 74.5 Å². The third-order valence-corrected chi connectivity index (χ3v) is 5.65. The Labute approximate surface area is 192 Å². The topological polar surface area (TPSA) is 105 Å². The number of aliphatic carboxylic acids is 1. The van der Waals surface area contributed by atoms with Crippen LogP contribution >= 0.6 is 11.8 Å². The van der Waals surface area contributed by atoms with E-state index in [2.05, 4.69) is 10.6 Å². The molecule has 2 aromatic rings. The molecule has 0 aromatic heterocycles. The first-order valence-corrected chi connectivity index (χ1v) is 11.6. The van der Waals surface area contributed by atoms with E-state index in [-0.39, 0.29) is 18.3 Å². The zero-order valence-electron chi connectivity index (χ0n) is 18.3. The Bertz CT molecular complexity index is 861. The molecule has 172 valence electrons. The van der Waals surface area contributed by atoms with Crippen molar-refractivity contribution in [3.05, 3.63) is 71.8 Å². The molecule has 0 aliphatic carbocycles. The van der Waals surface area contributed by atoms with Gasteiger partial charge in [-0.25, -0.2) is 9.59 Å². The highest BCUT2D eigenvalue weighted by Gasteiger charge is 2.27. The van der Waals surface area contributed by atoms with E-state index >= 15 is 0 Å². The number of nitrogens with one attached hydrogen (secondary N) is 2. The van der Waals surface area contributed by atoms with Crippen molar-refractivity contribution >= 4 is 29.7 Å². The minimum absolute atomic E-state index is 0.0727. The number of carbonyl (C=O) groups is 3. The number of benzene rings is 2. The fourth-order valence-corrected chi connectivity index (χ4v) is 3.94. The van der Waals surface area contributed by atoms with Crippen molar-refractivity contribution < 1.29 is 24.2 Å². The number of ether oxygens (including phenoxy) is 1. The van der Waals surface area contributed by atoms with Crippen LogP contribution in [-0.4, -0.2) is 40.9 Å². The average molecular weight is 459 g/mol. The summed E-state index contributed by atoms with van der Waals surface area (Å²) in [4.78, 5) is 36.7. The van der Waals surface area contributed by atoms with Crippen molar-refractivity contribution in [2.45, 2.75) is 44.7 Å². The lowest BCUT2D eigenvalue weighted by Gasteiger charge is -2.22. The Morgan fingerprint density at radius 2 is 1.50 bits per heavy atom. The molecular formula is C24H30N2O5S. The largest absolute Gasteiger partial charge is 0.480 e. The number of thioether (sulfide) groups is 1. The highest BCUT2D eigenvalue weighted by molar-refractivity contribution is 7.98. The summed E-state index contributed by atoms with van der Waals surface area (Å²) < 4.78 is 5.23. The first-order chi connectivity index (χ1) is 15.3. The van der Waals surface area contributed by atoms with Gasteiger partial charge in [0.05, 0.1) is 0 Å². The number of alkyl carbamates (subject to hydrolysis) is 1. The second kappa shape index (κ2) is 13.4. The van der Waals surface area contributed by atoms with Crippen molar-refractivity contribution in [2.24, 2.45) is 5.92 Å². The molecule has 7 nitrogen and oxygen atoms in total. The summed E-state index contributed by atoms with van der Waals surface area (Å²) in [6, 6.07) is 17.0. The molecule has 3 N–H and O–H groups in total. The van der Waals surface area contributed by atoms with Crippen LogP contribution in [0.4, 0.5) is 4.79 Å². The van der Waals surface area contributed by atoms with Gasteiger partial charge in [-0.15, -0.1) is 0 Å². The zero-order valence-corrected chi connectivity index (χ0v) is 19.1. The zero-order chi connectivity index (χ0) is 23.3. The third kappa shape index (κ3) is 9.43. The maximum Gasteiger partial charge on any atom is 0.408 e. The van der Waals surface area contributed by atoms with E-state index in [9.17, 15) is 19.5 Å². The molecule has 0 bridgehead atoms. The van der Waals surface area contributed by atoms with Gasteiger partial charge in [-0.1, -0.05) is 74.5 Å². The van der Waals surface area contributed by atoms with Gasteiger partial charge in [0.2, 0.25) is 5.91 Å². The van der Waals surface area contributed by atoms with Gasteiger partial charge in [0, 0.05) is 11.5 Å². The Morgan fingerprint density at radius 3 is 2.06 bits per heavy atom. The highest BCUT2D eigenvalue weighted by atomic mass is 32.2. The van der Waals surface area contributed by atoms with Gasteiger partial charge in [0.15, 0.2) is 0 Å². The summed E-state index contributed by atoms with van der Waals surface area (Å²) in [6.07, 6.45) is -0.436. The number of rotatable bonds is 12. The molecule has 0 heterocycles. The fourth-order valence-electron chi connectivity index (χ4n) is 2.92. The molecule has 2 aromatic carbocycles. The summed E-state index contributed by atoms with van der Waals surface area (Å²) >= 11 is 1.47. The van der Waals surface area contributed by atoms with Crippen LogP contribution in [0.1, 0.15) is 31.4 Å². The molecule has 1 unspecified atom stereocenters. The summed E-state index contributed by atoms with van der Waals surface area (Å²) in [5, 5.41) is 14.6. The monoisotopic (exact) mass is 458 g/mol. The normalized spacial score (nSPS) is 12.6. The first kappa shape index (κ1) is 25.3.